The van der Waals surface area contributed by atoms with Crippen molar-refractivity contribution in [2.45, 2.75) is 0 Å². The van der Waals surface area contributed by atoms with E-state index in [1.165, 1.54) is 6.33 Å². The number of rotatable bonds is 1. The molecule has 0 atom stereocenters. The Morgan fingerprint density at radius 1 is 1.88 bits per heavy atom. The molecule has 2 N–H and O–H groups in total. The van der Waals surface area contributed by atoms with Crippen LogP contribution in [0, 0.1) is 0 Å². The van der Waals surface area contributed by atoms with Crippen LogP contribution in [0.25, 0.3) is 0 Å². The van der Waals surface area contributed by atoms with Crippen molar-refractivity contribution in [3.05, 3.63) is 11.3 Å². The number of nitrogens with zero attached hydrogens (tertiary/aromatic N) is 2. The Hall–Kier alpha value is -0.970. The predicted octanol–water partition coefficient (Wildman–Crippen LogP) is -0.363. The lowest BCUT2D eigenvalue weighted by atomic mass is 10.7. The van der Waals surface area contributed by atoms with E-state index >= 15 is 0 Å². The lowest BCUT2D eigenvalue weighted by Crippen LogP contribution is -2.09. The van der Waals surface area contributed by atoms with Crippen LogP contribution in [0.4, 0.5) is 0 Å². The van der Waals surface area contributed by atoms with E-state index in [0.29, 0.717) is 0 Å². The van der Waals surface area contributed by atoms with E-state index in [-0.39, 0.29) is 5.01 Å². The minimum absolute atomic E-state index is 0.255. The summed E-state index contributed by atoms with van der Waals surface area (Å²) >= 11 is 0.995. The fourth-order valence-corrected chi connectivity index (χ4v) is 0.660. The molecule has 0 spiro atoms. The van der Waals surface area contributed by atoms with Crippen LogP contribution in [0.1, 0.15) is 9.80 Å². The van der Waals surface area contributed by atoms with Gasteiger partial charge in [-0.25, -0.2) is 4.98 Å². The van der Waals surface area contributed by atoms with E-state index in [2.05, 4.69) is 9.36 Å². The van der Waals surface area contributed by atoms with Gasteiger partial charge in [0.05, 0.1) is 0 Å². The first kappa shape index (κ1) is 5.17. The monoisotopic (exact) mass is 129 g/mol. The highest BCUT2D eigenvalue weighted by Gasteiger charge is 2.00. The molecule has 4 nitrogen and oxygen atoms in total. The van der Waals surface area contributed by atoms with Gasteiger partial charge in [-0.1, -0.05) is 0 Å². The molecular weight excluding hydrogens is 126 g/mol. The summed E-state index contributed by atoms with van der Waals surface area (Å²) in [5.41, 5.74) is 4.83. The zero-order valence-corrected chi connectivity index (χ0v) is 4.68. The van der Waals surface area contributed by atoms with Gasteiger partial charge in [-0.2, -0.15) is 4.37 Å². The highest BCUT2D eigenvalue weighted by Crippen LogP contribution is 1.95. The molecule has 1 aromatic rings. The number of nitrogens with two attached hydrogens (primary N) is 1. The first-order valence-electron chi connectivity index (χ1n) is 1.87. The van der Waals surface area contributed by atoms with Crippen LogP contribution in [-0.4, -0.2) is 15.3 Å². The zero-order chi connectivity index (χ0) is 5.98. The molecule has 1 heterocycles. The van der Waals surface area contributed by atoms with E-state index in [1.807, 2.05) is 0 Å². The molecule has 0 saturated heterocycles. The summed E-state index contributed by atoms with van der Waals surface area (Å²) < 4.78 is 3.57. The average molecular weight is 129 g/mol. The minimum Gasteiger partial charge on any atom is -0.363 e. The minimum atomic E-state index is -0.521. The SMILES string of the molecule is NC(=O)c1ncns1. The molecule has 5 heteroatoms. The van der Waals surface area contributed by atoms with Crippen LogP contribution in [0.2, 0.25) is 0 Å². The Balaban J connectivity index is 2.93. The Morgan fingerprint density at radius 2 is 2.62 bits per heavy atom. The second-order valence-electron chi connectivity index (χ2n) is 1.11. The number of primary amides is 1. The van der Waals surface area contributed by atoms with Crippen LogP contribution in [0.15, 0.2) is 6.33 Å². The first-order chi connectivity index (χ1) is 3.80. The normalized spacial score (nSPS) is 9.00. The van der Waals surface area contributed by atoms with Crippen LogP contribution in [-0.2, 0) is 0 Å². The summed E-state index contributed by atoms with van der Waals surface area (Å²) in [6, 6.07) is 0. The van der Waals surface area contributed by atoms with Gasteiger partial charge in [0.1, 0.15) is 6.33 Å². The van der Waals surface area contributed by atoms with E-state index in [1.54, 1.807) is 0 Å². The summed E-state index contributed by atoms with van der Waals surface area (Å²) in [6.45, 7) is 0. The lowest BCUT2D eigenvalue weighted by molar-refractivity contribution is 0.1000. The van der Waals surface area contributed by atoms with E-state index < -0.39 is 5.91 Å². The number of hydrogen-bond donors (Lipinski definition) is 1. The first-order valence-corrected chi connectivity index (χ1v) is 2.64. The van der Waals surface area contributed by atoms with Gasteiger partial charge >= 0.3 is 0 Å². The standard InChI is InChI=1S/C3H3N3OS/c4-2(7)3-5-1-6-8-3/h1H,(H2,4,7). The fourth-order valence-electron chi connectivity index (χ4n) is 0.282. The average Bonchev–Trinajstić information content (AvgIpc) is 2.12. The van der Waals surface area contributed by atoms with E-state index in [0.717, 1.165) is 11.5 Å². The van der Waals surface area contributed by atoms with Gasteiger partial charge in [-0.3, -0.25) is 4.79 Å². The number of aromatic nitrogens is 2. The van der Waals surface area contributed by atoms with Crippen LogP contribution in [0.3, 0.4) is 0 Å². The molecule has 0 unspecified atom stereocenters. The maximum atomic E-state index is 10.2. The number of carbonyl (C=O) groups is 1. The number of carbonyl (C=O) groups excluding carboxylic acids is 1. The smallest absolute Gasteiger partial charge is 0.279 e. The fraction of sp³-hybridized carbons (Fsp3) is 0. The van der Waals surface area contributed by atoms with Crippen LogP contribution < -0.4 is 5.73 Å². The van der Waals surface area contributed by atoms with Crippen molar-refractivity contribution >= 4 is 17.4 Å². The third-order valence-electron chi connectivity index (χ3n) is 0.572. The molecule has 0 aliphatic rings. The third-order valence-corrected chi connectivity index (χ3v) is 1.25. The Kier molecular flexibility index (Phi) is 1.21. The van der Waals surface area contributed by atoms with Gasteiger partial charge in [-0.15, -0.1) is 0 Å². The molecule has 1 rings (SSSR count). The molecule has 0 aliphatic carbocycles. The van der Waals surface area contributed by atoms with Crippen molar-refractivity contribution in [2.75, 3.05) is 0 Å². The van der Waals surface area contributed by atoms with Crippen molar-refractivity contribution in [1.29, 1.82) is 0 Å². The molecule has 0 saturated carbocycles. The van der Waals surface area contributed by atoms with Crippen molar-refractivity contribution in [3.63, 3.8) is 0 Å². The van der Waals surface area contributed by atoms with Crippen molar-refractivity contribution in [1.82, 2.24) is 9.36 Å². The second-order valence-corrected chi connectivity index (χ2v) is 1.89. The molecule has 42 valence electrons. The topological polar surface area (TPSA) is 68.9 Å². The lowest BCUT2D eigenvalue weighted by Gasteiger charge is -1.76. The molecule has 8 heavy (non-hydrogen) atoms. The summed E-state index contributed by atoms with van der Waals surface area (Å²) in [6.07, 6.45) is 1.30. The Bertz CT molecular complexity index is 182. The summed E-state index contributed by atoms with van der Waals surface area (Å²) in [5.74, 6) is -0.521. The quantitative estimate of drug-likeness (QED) is 0.562. The molecule has 0 fully saturated rings. The molecule has 1 amide bonds. The van der Waals surface area contributed by atoms with Gasteiger partial charge in [0.15, 0.2) is 0 Å². The summed E-state index contributed by atoms with van der Waals surface area (Å²) in [5, 5.41) is 0.255. The second kappa shape index (κ2) is 1.87. The largest absolute Gasteiger partial charge is 0.363 e. The van der Waals surface area contributed by atoms with Crippen molar-refractivity contribution in [2.24, 2.45) is 5.73 Å². The van der Waals surface area contributed by atoms with Crippen molar-refractivity contribution in [3.8, 4) is 0 Å². The zero-order valence-electron chi connectivity index (χ0n) is 3.87. The molecular formula is C3H3N3OS. The molecule has 0 radical (unpaired) electrons. The highest BCUT2D eigenvalue weighted by atomic mass is 32.1. The van der Waals surface area contributed by atoms with Gasteiger partial charge in [0.2, 0.25) is 5.01 Å². The van der Waals surface area contributed by atoms with Gasteiger partial charge in [0, 0.05) is 0 Å². The molecule has 0 aliphatic heterocycles. The number of hydrogen-bond acceptors (Lipinski definition) is 4. The van der Waals surface area contributed by atoms with Gasteiger partial charge in [-0.05, 0) is 11.5 Å². The van der Waals surface area contributed by atoms with Gasteiger partial charge < -0.3 is 5.73 Å². The third kappa shape index (κ3) is 0.812. The summed E-state index contributed by atoms with van der Waals surface area (Å²) in [4.78, 5) is 13.7. The summed E-state index contributed by atoms with van der Waals surface area (Å²) in [7, 11) is 0. The van der Waals surface area contributed by atoms with Crippen LogP contribution >= 0.6 is 11.5 Å². The van der Waals surface area contributed by atoms with Crippen LogP contribution in [0.5, 0.6) is 0 Å². The maximum Gasteiger partial charge on any atom is 0.279 e. The Morgan fingerprint density at radius 3 is 2.88 bits per heavy atom. The predicted molar refractivity (Wildman–Crippen MR) is 28.4 cm³/mol. The molecule has 0 aromatic carbocycles. The molecule has 1 aromatic heterocycles. The van der Waals surface area contributed by atoms with Crippen molar-refractivity contribution < 1.29 is 4.79 Å². The highest BCUT2D eigenvalue weighted by molar-refractivity contribution is 7.07. The number of amides is 1. The Labute approximate surface area is 49.5 Å². The van der Waals surface area contributed by atoms with Gasteiger partial charge in [0.25, 0.3) is 5.91 Å². The maximum absolute atomic E-state index is 10.2. The van der Waals surface area contributed by atoms with E-state index in [9.17, 15) is 4.79 Å². The molecule has 0 bridgehead atoms. The van der Waals surface area contributed by atoms with E-state index in [4.69, 9.17) is 5.73 Å².